The van der Waals surface area contributed by atoms with Crippen molar-refractivity contribution < 1.29 is 29.1 Å². The highest BCUT2D eigenvalue weighted by atomic mass is 19.1. The van der Waals surface area contributed by atoms with Crippen LogP contribution in [0.15, 0.2) is 72.3 Å². The summed E-state index contributed by atoms with van der Waals surface area (Å²) in [6, 6.07) is 13.8. The summed E-state index contributed by atoms with van der Waals surface area (Å²) in [5.41, 5.74) is 0.422. The molecule has 1 saturated heterocycles. The van der Waals surface area contributed by atoms with E-state index in [-0.39, 0.29) is 22.4 Å². The van der Waals surface area contributed by atoms with Crippen LogP contribution in [0.4, 0.5) is 15.8 Å². The summed E-state index contributed by atoms with van der Waals surface area (Å²) in [7, 11) is 0. The number of ketones is 1. The Kier molecular flexibility index (Phi) is 5.85. The second-order valence-corrected chi connectivity index (χ2v) is 7.70. The molecule has 3 aromatic carbocycles. The number of nitrogens with zero attached hydrogens (tertiary/aromatic N) is 2. The van der Waals surface area contributed by atoms with Crippen LogP contribution in [0.2, 0.25) is 0 Å². The van der Waals surface area contributed by atoms with E-state index < -0.39 is 45.7 Å². The second kappa shape index (κ2) is 8.78. The molecule has 0 aliphatic carbocycles. The fraction of sp³-hybridized carbons (Fsp3) is 0.120. The number of nitro benzene ring substituents is 1. The highest BCUT2D eigenvalue weighted by Gasteiger charge is 2.47. The third-order valence-corrected chi connectivity index (χ3v) is 5.68. The predicted molar refractivity (Wildman–Crippen MR) is 122 cm³/mol. The monoisotopic (exact) mass is 462 g/mol. The number of nitro groups is 1. The zero-order valence-corrected chi connectivity index (χ0v) is 17.9. The van der Waals surface area contributed by atoms with E-state index in [1.807, 2.05) is 6.92 Å². The Bertz CT molecular complexity index is 1350. The number of phenols is 1. The van der Waals surface area contributed by atoms with Gasteiger partial charge >= 0.3 is 5.69 Å². The van der Waals surface area contributed by atoms with Gasteiger partial charge in [0.15, 0.2) is 5.75 Å². The van der Waals surface area contributed by atoms with Crippen LogP contribution >= 0.6 is 0 Å². The lowest BCUT2D eigenvalue weighted by Gasteiger charge is -2.25. The number of aliphatic hydroxyl groups excluding tert-OH is 1. The molecule has 0 saturated carbocycles. The van der Waals surface area contributed by atoms with Crippen LogP contribution < -0.4 is 4.90 Å². The number of hydrogen-bond donors (Lipinski definition) is 2. The molecular formula is C25H19FN2O6. The Morgan fingerprint density at radius 1 is 1.09 bits per heavy atom. The molecule has 0 aromatic heterocycles. The molecule has 1 amide bonds. The van der Waals surface area contributed by atoms with Crippen molar-refractivity contribution in [3.63, 3.8) is 0 Å². The fourth-order valence-corrected chi connectivity index (χ4v) is 3.95. The summed E-state index contributed by atoms with van der Waals surface area (Å²) in [4.78, 5) is 37.7. The van der Waals surface area contributed by atoms with Crippen molar-refractivity contribution in [3.8, 4) is 5.75 Å². The average molecular weight is 462 g/mol. The van der Waals surface area contributed by atoms with Gasteiger partial charge in [0.25, 0.3) is 11.7 Å². The summed E-state index contributed by atoms with van der Waals surface area (Å²) in [6.45, 7) is 1.96. The summed E-state index contributed by atoms with van der Waals surface area (Å²) in [5.74, 6) is -3.79. The summed E-state index contributed by atoms with van der Waals surface area (Å²) < 4.78 is 14.0. The molecule has 1 atom stereocenters. The van der Waals surface area contributed by atoms with Crippen molar-refractivity contribution in [1.29, 1.82) is 0 Å². The van der Waals surface area contributed by atoms with Crippen molar-refractivity contribution in [1.82, 2.24) is 0 Å². The first-order valence-electron chi connectivity index (χ1n) is 10.4. The number of aromatic hydroxyl groups is 1. The first-order valence-corrected chi connectivity index (χ1v) is 10.4. The maximum atomic E-state index is 14.0. The number of aryl methyl sites for hydroxylation is 1. The van der Waals surface area contributed by atoms with Gasteiger partial charge < -0.3 is 10.2 Å². The van der Waals surface area contributed by atoms with E-state index in [1.165, 1.54) is 18.2 Å². The molecule has 4 rings (SSSR count). The normalized spacial score (nSPS) is 17.2. The van der Waals surface area contributed by atoms with Crippen molar-refractivity contribution in [3.05, 3.63) is 105 Å². The van der Waals surface area contributed by atoms with Crippen molar-refractivity contribution in [2.24, 2.45) is 0 Å². The number of anilines is 1. The highest BCUT2D eigenvalue weighted by Crippen LogP contribution is 2.44. The Labute approximate surface area is 193 Å². The molecule has 1 unspecified atom stereocenters. The lowest BCUT2D eigenvalue weighted by molar-refractivity contribution is -0.385. The first-order chi connectivity index (χ1) is 16.2. The molecule has 1 aliphatic heterocycles. The van der Waals surface area contributed by atoms with E-state index in [4.69, 9.17) is 0 Å². The van der Waals surface area contributed by atoms with Gasteiger partial charge in [0.05, 0.1) is 16.5 Å². The Hall–Kier alpha value is -4.53. The maximum Gasteiger partial charge on any atom is 0.311 e. The second-order valence-electron chi connectivity index (χ2n) is 7.70. The molecule has 1 fully saturated rings. The maximum absolute atomic E-state index is 14.0. The molecule has 172 valence electrons. The molecule has 1 aliphatic rings. The number of amides is 1. The minimum Gasteiger partial charge on any atom is -0.507 e. The van der Waals surface area contributed by atoms with Gasteiger partial charge in [0.1, 0.15) is 11.6 Å². The summed E-state index contributed by atoms with van der Waals surface area (Å²) in [6.07, 6.45) is 0.752. The number of benzene rings is 3. The van der Waals surface area contributed by atoms with Crippen LogP contribution in [-0.4, -0.2) is 26.8 Å². The third kappa shape index (κ3) is 3.88. The summed E-state index contributed by atoms with van der Waals surface area (Å²) in [5, 5.41) is 32.4. The molecule has 0 radical (unpaired) electrons. The van der Waals surface area contributed by atoms with Crippen molar-refractivity contribution in [2.75, 3.05) is 4.90 Å². The molecule has 1 heterocycles. The van der Waals surface area contributed by atoms with Gasteiger partial charge in [0.2, 0.25) is 0 Å². The Morgan fingerprint density at radius 2 is 1.79 bits per heavy atom. The Morgan fingerprint density at radius 3 is 2.41 bits per heavy atom. The van der Waals surface area contributed by atoms with Crippen LogP contribution in [0.5, 0.6) is 5.75 Å². The molecule has 0 spiro atoms. The third-order valence-electron chi connectivity index (χ3n) is 5.68. The molecule has 3 aromatic rings. The largest absolute Gasteiger partial charge is 0.507 e. The molecular weight excluding hydrogens is 443 g/mol. The van der Waals surface area contributed by atoms with Gasteiger partial charge in [-0.15, -0.1) is 0 Å². The van der Waals surface area contributed by atoms with E-state index in [0.717, 1.165) is 41.1 Å². The minimum absolute atomic E-state index is 0.0307. The van der Waals surface area contributed by atoms with Gasteiger partial charge in [-0.05, 0) is 41.8 Å². The van der Waals surface area contributed by atoms with Gasteiger partial charge in [-0.2, -0.15) is 0 Å². The van der Waals surface area contributed by atoms with E-state index in [1.54, 1.807) is 24.3 Å². The number of carbonyl (C=O) groups is 2. The van der Waals surface area contributed by atoms with Gasteiger partial charge in [-0.1, -0.05) is 43.3 Å². The van der Waals surface area contributed by atoms with Crippen LogP contribution in [0, 0.1) is 15.9 Å². The molecule has 0 bridgehead atoms. The smallest absolute Gasteiger partial charge is 0.311 e. The lowest BCUT2D eigenvalue weighted by atomic mass is 9.94. The average Bonchev–Trinajstić information content (AvgIpc) is 3.09. The van der Waals surface area contributed by atoms with Crippen LogP contribution in [-0.2, 0) is 16.0 Å². The van der Waals surface area contributed by atoms with Crippen molar-refractivity contribution >= 4 is 28.8 Å². The van der Waals surface area contributed by atoms with E-state index in [0.29, 0.717) is 0 Å². The minimum atomic E-state index is -1.30. The standard InChI is InChI=1S/C25H19FN2O6/c1-2-14-6-8-15(9-7-14)23(30)21-22(16-10-11-20(29)19(12-16)28(33)34)27(25(32)24(21)31)18-5-3-4-17(26)13-18/h3-13,22,29-30H,2H2,1H3/b23-21-. The number of rotatable bonds is 5. The molecule has 2 N–H and O–H groups in total. The SMILES string of the molecule is CCc1ccc(/C(O)=C2/C(=O)C(=O)N(c3cccc(F)c3)C2c2ccc(O)c([N+](=O)[O-])c2)cc1. The predicted octanol–water partition coefficient (Wildman–Crippen LogP) is 4.63. The van der Waals surface area contributed by atoms with E-state index >= 15 is 0 Å². The topological polar surface area (TPSA) is 121 Å². The summed E-state index contributed by atoms with van der Waals surface area (Å²) >= 11 is 0. The number of halogens is 1. The zero-order valence-electron chi connectivity index (χ0n) is 17.9. The molecule has 34 heavy (non-hydrogen) atoms. The zero-order chi connectivity index (χ0) is 24.6. The number of Topliss-reactive ketones (excluding diaryl/α,β-unsaturated/α-hetero) is 1. The molecule has 8 nitrogen and oxygen atoms in total. The van der Waals surface area contributed by atoms with Crippen LogP contribution in [0.1, 0.15) is 29.7 Å². The number of phenolic OH excluding ortho intramolecular Hbond substituents is 1. The van der Waals surface area contributed by atoms with Crippen LogP contribution in [0.3, 0.4) is 0 Å². The lowest BCUT2D eigenvalue weighted by Crippen LogP contribution is -2.29. The highest BCUT2D eigenvalue weighted by molar-refractivity contribution is 6.51. The van der Waals surface area contributed by atoms with E-state index in [2.05, 4.69) is 0 Å². The van der Waals surface area contributed by atoms with Gasteiger partial charge in [-0.25, -0.2) is 4.39 Å². The van der Waals surface area contributed by atoms with E-state index in [9.17, 15) is 34.3 Å². The number of hydrogen-bond acceptors (Lipinski definition) is 6. The Balaban J connectivity index is 1.97. The number of aliphatic hydroxyl groups is 1. The number of carbonyl (C=O) groups excluding carboxylic acids is 2. The first kappa shape index (κ1) is 22.7. The van der Waals surface area contributed by atoms with Gasteiger partial charge in [0, 0.05) is 17.3 Å². The van der Waals surface area contributed by atoms with Crippen LogP contribution in [0.25, 0.3) is 5.76 Å². The van der Waals surface area contributed by atoms with Crippen molar-refractivity contribution in [2.45, 2.75) is 19.4 Å². The fourth-order valence-electron chi connectivity index (χ4n) is 3.95. The van der Waals surface area contributed by atoms with Gasteiger partial charge in [-0.3, -0.25) is 24.6 Å². The quantitative estimate of drug-likeness (QED) is 0.188. The molecule has 9 heteroatoms.